The highest BCUT2D eigenvalue weighted by Gasteiger charge is 2.30. The number of nitrogens with zero attached hydrogens (tertiary/aromatic N) is 4. The molecule has 1 saturated carbocycles. The number of halogens is 1. The van der Waals surface area contributed by atoms with Gasteiger partial charge in [0.15, 0.2) is 5.82 Å². The maximum absolute atomic E-state index is 6.22. The fourth-order valence-corrected chi connectivity index (χ4v) is 4.58. The van der Waals surface area contributed by atoms with Crippen molar-refractivity contribution in [3.05, 3.63) is 64.3 Å². The zero-order chi connectivity index (χ0) is 19.8. The molecule has 1 aliphatic carbocycles. The first kappa shape index (κ1) is 18.6. The molecule has 2 aliphatic rings. The van der Waals surface area contributed by atoms with Crippen LogP contribution in [0.2, 0.25) is 5.02 Å². The second kappa shape index (κ2) is 7.76. The van der Waals surface area contributed by atoms with E-state index in [1.165, 1.54) is 5.56 Å². The average molecular weight is 410 g/mol. The van der Waals surface area contributed by atoms with E-state index in [9.17, 15) is 0 Å². The quantitative estimate of drug-likeness (QED) is 0.697. The second-order valence-corrected chi connectivity index (χ2v) is 8.33. The summed E-state index contributed by atoms with van der Waals surface area (Å²) in [5.41, 5.74) is 3.30. The highest BCUT2D eigenvalue weighted by molar-refractivity contribution is 6.30. The molecule has 0 spiro atoms. The van der Waals surface area contributed by atoms with Gasteiger partial charge in [-0.25, -0.2) is 4.98 Å². The molecule has 3 aromatic rings. The number of fused-ring (bicyclic) bond motifs is 3. The van der Waals surface area contributed by atoms with E-state index in [4.69, 9.17) is 16.3 Å². The van der Waals surface area contributed by atoms with Crippen molar-refractivity contribution in [3.8, 4) is 11.6 Å². The van der Waals surface area contributed by atoms with Crippen LogP contribution in [0.1, 0.15) is 54.5 Å². The molecular weight excluding hydrogens is 386 g/mol. The minimum Gasteiger partial charge on any atom is -0.474 e. The predicted octanol–water partition coefficient (Wildman–Crippen LogP) is 4.33. The van der Waals surface area contributed by atoms with Crippen LogP contribution in [0.5, 0.6) is 5.88 Å². The van der Waals surface area contributed by atoms with Crippen molar-refractivity contribution in [1.29, 1.82) is 0 Å². The van der Waals surface area contributed by atoms with Gasteiger partial charge < -0.3 is 10.1 Å². The van der Waals surface area contributed by atoms with Crippen LogP contribution >= 0.6 is 11.6 Å². The topological polar surface area (TPSA) is 64.9 Å². The molecule has 7 heteroatoms. The number of ether oxygens (including phenoxy) is 1. The van der Waals surface area contributed by atoms with Crippen LogP contribution in [-0.4, -0.2) is 25.9 Å². The Labute approximate surface area is 175 Å². The van der Waals surface area contributed by atoms with Crippen molar-refractivity contribution in [2.45, 2.75) is 57.7 Å². The summed E-state index contributed by atoms with van der Waals surface area (Å²) in [4.78, 5) is 4.47. The Hall–Kier alpha value is -2.44. The van der Waals surface area contributed by atoms with E-state index in [0.29, 0.717) is 12.5 Å². The molecule has 1 aromatic carbocycles. The van der Waals surface area contributed by atoms with E-state index in [1.54, 1.807) is 0 Å². The van der Waals surface area contributed by atoms with Gasteiger partial charge in [-0.1, -0.05) is 17.7 Å². The molecule has 0 amide bonds. The number of benzene rings is 1. The summed E-state index contributed by atoms with van der Waals surface area (Å²) in [6.07, 6.45) is 4.26. The van der Waals surface area contributed by atoms with Crippen LogP contribution < -0.4 is 10.1 Å². The lowest BCUT2D eigenvalue weighted by atomic mass is 9.86. The normalized spacial score (nSPS) is 21.2. The molecule has 150 valence electrons. The third-order valence-corrected chi connectivity index (χ3v) is 6.06. The Kier molecular flexibility index (Phi) is 4.97. The van der Waals surface area contributed by atoms with Gasteiger partial charge in [0, 0.05) is 29.2 Å². The average Bonchev–Trinajstić information content (AvgIpc) is 3.04. The first-order chi connectivity index (χ1) is 14.2. The minimum atomic E-state index is 0.208. The lowest BCUT2D eigenvalue weighted by Gasteiger charge is -2.28. The standard InChI is InChI=1S/C22H24ClN5O/c1-14-3-2-4-21(25-14)29-18-8-5-15(6-9-18)22-27-26-20-13-24-12-16-11-17(23)7-10-19(16)28(20)22/h2-4,7,10-11,15,18,24H,5-6,8-9,12-13H2,1H3/t15-,18-. The van der Waals surface area contributed by atoms with E-state index < -0.39 is 0 Å². The molecule has 29 heavy (non-hydrogen) atoms. The summed E-state index contributed by atoms with van der Waals surface area (Å²) < 4.78 is 8.36. The van der Waals surface area contributed by atoms with Crippen LogP contribution in [0.15, 0.2) is 36.4 Å². The second-order valence-electron chi connectivity index (χ2n) is 7.90. The van der Waals surface area contributed by atoms with Gasteiger partial charge in [-0.3, -0.25) is 4.57 Å². The summed E-state index contributed by atoms with van der Waals surface area (Å²) in [5.74, 6) is 3.12. The van der Waals surface area contributed by atoms with Gasteiger partial charge >= 0.3 is 0 Å². The molecule has 0 unspecified atom stereocenters. The molecule has 0 bridgehead atoms. The summed E-state index contributed by atoms with van der Waals surface area (Å²) in [5, 5.41) is 13.3. The van der Waals surface area contributed by atoms with Crippen LogP contribution in [-0.2, 0) is 13.1 Å². The van der Waals surface area contributed by atoms with Gasteiger partial charge in [-0.05, 0) is 62.4 Å². The third-order valence-electron chi connectivity index (χ3n) is 5.83. The number of hydrogen-bond donors (Lipinski definition) is 1. The Morgan fingerprint density at radius 3 is 2.76 bits per heavy atom. The van der Waals surface area contributed by atoms with Crippen LogP contribution in [0.3, 0.4) is 0 Å². The lowest BCUT2D eigenvalue weighted by Crippen LogP contribution is -2.25. The smallest absolute Gasteiger partial charge is 0.213 e. The molecule has 6 nitrogen and oxygen atoms in total. The number of pyridine rings is 1. The predicted molar refractivity (Wildman–Crippen MR) is 112 cm³/mol. The zero-order valence-corrected chi connectivity index (χ0v) is 17.2. The number of hydrogen-bond acceptors (Lipinski definition) is 5. The van der Waals surface area contributed by atoms with Crippen LogP contribution in [0.4, 0.5) is 0 Å². The number of aryl methyl sites for hydroxylation is 1. The minimum absolute atomic E-state index is 0.208. The first-order valence-electron chi connectivity index (χ1n) is 10.2. The van der Waals surface area contributed by atoms with Gasteiger partial charge in [0.2, 0.25) is 5.88 Å². The van der Waals surface area contributed by atoms with Crippen molar-refractivity contribution >= 4 is 11.6 Å². The number of nitrogens with one attached hydrogen (secondary N) is 1. The Balaban J connectivity index is 1.35. The molecule has 0 saturated heterocycles. The highest BCUT2D eigenvalue weighted by Crippen LogP contribution is 2.36. The molecule has 2 aromatic heterocycles. The van der Waals surface area contributed by atoms with Gasteiger partial charge in [-0.15, -0.1) is 10.2 Å². The molecule has 0 atom stereocenters. The van der Waals surface area contributed by atoms with Crippen molar-refractivity contribution in [3.63, 3.8) is 0 Å². The monoisotopic (exact) mass is 409 g/mol. The van der Waals surface area contributed by atoms with Gasteiger partial charge in [-0.2, -0.15) is 0 Å². The molecule has 3 heterocycles. The van der Waals surface area contributed by atoms with Crippen molar-refractivity contribution in [2.24, 2.45) is 0 Å². The van der Waals surface area contributed by atoms with Gasteiger partial charge in [0.25, 0.3) is 0 Å². The van der Waals surface area contributed by atoms with E-state index >= 15 is 0 Å². The summed E-state index contributed by atoms with van der Waals surface area (Å²) in [6, 6.07) is 12.0. The van der Waals surface area contributed by atoms with Gasteiger partial charge in [0.1, 0.15) is 11.9 Å². The van der Waals surface area contributed by atoms with E-state index in [-0.39, 0.29) is 6.10 Å². The summed E-state index contributed by atoms with van der Waals surface area (Å²) in [6.45, 7) is 3.47. The first-order valence-corrected chi connectivity index (χ1v) is 10.6. The number of aromatic nitrogens is 4. The molecule has 0 radical (unpaired) electrons. The fraction of sp³-hybridized carbons (Fsp3) is 0.409. The van der Waals surface area contributed by atoms with Crippen LogP contribution in [0, 0.1) is 6.92 Å². The molecule has 1 N–H and O–H groups in total. The van der Waals surface area contributed by atoms with Gasteiger partial charge in [0.05, 0.1) is 12.2 Å². The summed E-state index contributed by atoms with van der Waals surface area (Å²) >= 11 is 6.22. The van der Waals surface area contributed by atoms with Crippen molar-refractivity contribution in [2.75, 3.05) is 0 Å². The molecule has 5 rings (SSSR count). The summed E-state index contributed by atoms with van der Waals surface area (Å²) in [7, 11) is 0. The maximum atomic E-state index is 6.22. The SMILES string of the molecule is Cc1cccc(O[C@H]2CC[C@H](c3nnc4n3-c3ccc(Cl)cc3CNC4)CC2)n1. The fourth-order valence-electron chi connectivity index (χ4n) is 4.39. The van der Waals surface area contributed by atoms with Crippen LogP contribution in [0.25, 0.3) is 5.69 Å². The highest BCUT2D eigenvalue weighted by atomic mass is 35.5. The largest absolute Gasteiger partial charge is 0.474 e. The lowest BCUT2D eigenvalue weighted by molar-refractivity contribution is 0.138. The van der Waals surface area contributed by atoms with Crippen molar-refractivity contribution < 1.29 is 4.74 Å². The van der Waals surface area contributed by atoms with E-state index in [2.05, 4.69) is 31.1 Å². The Morgan fingerprint density at radius 1 is 1.07 bits per heavy atom. The maximum Gasteiger partial charge on any atom is 0.213 e. The van der Waals surface area contributed by atoms with E-state index in [1.807, 2.05) is 37.3 Å². The molecular formula is C22H24ClN5O. The number of rotatable bonds is 3. The Bertz CT molecular complexity index is 1030. The third kappa shape index (κ3) is 3.74. The molecule has 1 aliphatic heterocycles. The Morgan fingerprint density at radius 2 is 1.93 bits per heavy atom. The zero-order valence-electron chi connectivity index (χ0n) is 16.4. The molecule has 1 fully saturated rings. The van der Waals surface area contributed by atoms with E-state index in [0.717, 1.165) is 66.2 Å². The van der Waals surface area contributed by atoms with Crippen molar-refractivity contribution in [1.82, 2.24) is 25.1 Å².